The van der Waals surface area contributed by atoms with Crippen LogP contribution in [0.2, 0.25) is 0 Å². The minimum absolute atomic E-state index is 0.150. The third-order valence-corrected chi connectivity index (χ3v) is 4.05. The molecule has 0 saturated heterocycles. The molecule has 4 rings (SSSR count). The molecular formula is C18H12F3N3O. The predicted octanol–water partition coefficient (Wildman–Crippen LogP) is 3.98. The van der Waals surface area contributed by atoms with E-state index in [4.69, 9.17) is 0 Å². The first-order valence-corrected chi connectivity index (χ1v) is 7.56. The van der Waals surface area contributed by atoms with Gasteiger partial charge in [-0.25, -0.2) is 0 Å². The summed E-state index contributed by atoms with van der Waals surface area (Å²) in [5.41, 5.74) is 1.69. The maximum atomic E-state index is 13.0. The summed E-state index contributed by atoms with van der Waals surface area (Å²) in [6.07, 6.45) is -4.45. The van der Waals surface area contributed by atoms with Crippen LogP contribution in [0.5, 0.6) is 0 Å². The second kappa shape index (κ2) is 5.47. The van der Waals surface area contributed by atoms with Crippen LogP contribution >= 0.6 is 0 Å². The average Bonchev–Trinajstić information content (AvgIpc) is 2.84. The number of alkyl halides is 3. The van der Waals surface area contributed by atoms with Crippen molar-refractivity contribution in [2.75, 3.05) is 11.9 Å². The zero-order chi connectivity index (χ0) is 17.6. The van der Waals surface area contributed by atoms with Crippen LogP contribution in [-0.4, -0.2) is 23.1 Å². The summed E-state index contributed by atoms with van der Waals surface area (Å²) >= 11 is 0. The van der Waals surface area contributed by atoms with Gasteiger partial charge in [0.15, 0.2) is 0 Å². The molecule has 0 fully saturated rings. The molecular weight excluding hydrogens is 331 g/mol. The molecule has 25 heavy (non-hydrogen) atoms. The number of rotatable bonds is 1. The first-order valence-electron chi connectivity index (χ1n) is 7.56. The Labute approximate surface area is 140 Å². The number of carbonyl (C=O) groups is 1. The van der Waals surface area contributed by atoms with Crippen LogP contribution in [0, 0.1) is 0 Å². The number of carbonyl (C=O) groups excluding carboxylic acids is 1. The van der Waals surface area contributed by atoms with E-state index in [1.165, 1.54) is 6.07 Å². The molecule has 2 heterocycles. The molecule has 126 valence electrons. The van der Waals surface area contributed by atoms with Crippen molar-refractivity contribution in [3.05, 3.63) is 65.4 Å². The van der Waals surface area contributed by atoms with Gasteiger partial charge in [0.25, 0.3) is 0 Å². The van der Waals surface area contributed by atoms with E-state index in [2.05, 4.69) is 15.3 Å². The van der Waals surface area contributed by atoms with Gasteiger partial charge in [-0.15, -0.1) is 0 Å². The number of para-hydroxylation sites is 1. The van der Waals surface area contributed by atoms with Gasteiger partial charge in [-0.3, -0.25) is 9.79 Å². The third-order valence-electron chi connectivity index (χ3n) is 4.05. The zero-order valence-corrected chi connectivity index (χ0v) is 12.8. The number of aliphatic imine (C=N–C) groups is 1. The topological polar surface area (TPSA) is 57.2 Å². The van der Waals surface area contributed by atoms with E-state index in [9.17, 15) is 18.0 Å². The molecule has 0 spiro atoms. The molecule has 1 amide bonds. The van der Waals surface area contributed by atoms with Gasteiger partial charge < -0.3 is 10.3 Å². The summed E-state index contributed by atoms with van der Waals surface area (Å²) in [5.74, 6) is -0.312. The molecule has 1 aliphatic rings. The summed E-state index contributed by atoms with van der Waals surface area (Å²) in [6, 6.07) is 12.3. The van der Waals surface area contributed by atoms with Crippen molar-refractivity contribution in [2.45, 2.75) is 6.18 Å². The van der Waals surface area contributed by atoms with Gasteiger partial charge >= 0.3 is 6.18 Å². The number of nitrogens with zero attached hydrogens (tertiary/aromatic N) is 1. The van der Waals surface area contributed by atoms with Crippen LogP contribution < -0.4 is 5.32 Å². The number of fused-ring (bicyclic) bond motifs is 3. The SMILES string of the molecule is O=C1CN=C(c2cccc(C(F)(F)F)c2)c2[nH]c3ccccc3c2N1. The van der Waals surface area contributed by atoms with E-state index in [0.717, 1.165) is 23.0 Å². The minimum Gasteiger partial charge on any atom is -0.351 e. The summed E-state index contributed by atoms with van der Waals surface area (Å²) in [7, 11) is 0. The number of hydrogen-bond acceptors (Lipinski definition) is 2. The fourth-order valence-corrected chi connectivity index (χ4v) is 2.94. The molecule has 0 radical (unpaired) electrons. The number of hydrogen-bond donors (Lipinski definition) is 2. The lowest BCUT2D eigenvalue weighted by Gasteiger charge is -2.10. The number of anilines is 1. The van der Waals surface area contributed by atoms with Crippen LogP contribution in [0.25, 0.3) is 10.9 Å². The number of nitrogens with one attached hydrogen (secondary N) is 2. The van der Waals surface area contributed by atoms with Crippen molar-refractivity contribution < 1.29 is 18.0 Å². The highest BCUT2D eigenvalue weighted by atomic mass is 19.4. The fourth-order valence-electron chi connectivity index (χ4n) is 2.94. The van der Waals surface area contributed by atoms with E-state index in [-0.39, 0.29) is 12.5 Å². The van der Waals surface area contributed by atoms with Crippen LogP contribution in [-0.2, 0) is 11.0 Å². The van der Waals surface area contributed by atoms with E-state index in [1.54, 1.807) is 6.07 Å². The predicted molar refractivity (Wildman–Crippen MR) is 88.9 cm³/mol. The van der Waals surface area contributed by atoms with Crippen molar-refractivity contribution in [3.8, 4) is 0 Å². The maximum Gasteiger partial charge on any atom is 0.416 e. The molecule has 2 N–H and O–H groups in total. The molecule has 4 nitrogen and oxygen atoms in total. The smallest absolute Gasteiger partial charge is 0.351 e. The molecule has 0 atom stereocenters. The molecule has 1 aromatic heterocycles. The normalized spacial score (nSPS) is 14.7. The molecule has 1 aliphatic heterocycles. The van der Waals surface area contributed by atoms with Crippen molar-refractivity contribution in [2.24, 2.45) is 4.99 Å². The lowest BCUT2D eigenvalue weighted by atomic mass is 10.0. The van der Waals surface area contributed by atoms with Gasteiger partial charge in [0, 0.05) is 16.5 Å². The highest BCUT2D eigenvalue weighted by Crippen LogP contribution is 2.33. The molecule has 0 saturated carbocycles. The maximum absolute atomic E-state index is 13.0. The monoisotopic (exact) mass is 343 g/mol. The van der Waals surface area contributed by atoms with E-state index < -0.39 is 11.7 Å². The highest BCUT2D eigenvalue weighted by Gasteiger charge is 2.31. The van der Waals surface area contributed by atoms with Gasteiger partial charge in [0.05, 0.1) is 22.7 Å². The van der Waals surface area contributed by atoms with Crippen LogP contribution in [0.15, 0.2) is 53.5 Å². The fraction of sp³-hybridized carbons (Fsp3) is 0.111. The van der Waals surface area contributed by atoms with Gasteiger partial charge in [-0.05, 0) is 18.2 Å². The first-order chi connectivity index (χ1) is 11.9. The second-order valence-electron chi connectivity index (χ2n) is 5.71. The van der Waals surface area contributed by atoms with Crippen LogP contribution in [0.3, 0.4) is 0 Å². The van der Waals surface area contributed by atoms with Gasteiger partial charge in [-0.1, -0.05) is 30.3 Å². The number of H-pyrrole nitrogens is 1. The second-order valence-corrected chi connectivity index (χ2v) is 5.71. The zero-order valence-electron chi connectivity index (χ0n) is 12.8. The summed E-state index contributed by atoms with van der Waals surface area (Å²) in [5, 5.41) is 3.57. The molecule has 0 bridgehead atoms. The Morgan fingerprint density at radius 3 is 2.64 bits per heavy atom. The molecule has 0 unspecified atom stereocenters. The summed E-state index contributed by atoms with van der Waals surface area (Å²) in [4.78, 5) is 19.4. The molecule has 3 aromatic rings. The lowest BCUT2D eigenvalue weighted by Crippen LogP contribution is -2.13. The number of aromatic amines is 1. The Morgan fingerprint density at radius 1 is 1.04 bits per heavy atom. The standard InChI is InChI=1S/C18H12F3N3O/c19-18(20,21)11-5-3-4-10(8-11)15-17-16(24-14(25)9-22-15)12-6-1-2-7-13(12)23-17/h1-8,23H,9H2,(H,24,25). The Hall–Kier alpha value is -3.09. The summed E-state index contributed by atoms with van der Waals surface area (Å²) in [6.45, 7) is -0.150. The Bertz CT molecular complexity index is 1020. The number of halogens is 3. The number of aromatic nitrogens is 1. The number of benzene rings is 2. The Kier molecular flexibility index (Phi) is 3.38. The van der Waals surface area contributed by atoms with Gasteiger partial charge in [0.2, 0.25) is 5.91 Å². The van der Waals surface area contributed by atoms with Gasteiger partial charge in [-0.2, -0.15) is 13.2 Å². The minimum atomic E-state index is -4.45. The highest BCUT2D eigenvalue weighted by molar-refractivity contribution is 6.22. The van der Waals surface area contributed by atoms with Crippen LogP contribution in [0.1, 0.15) is 16.8 Å². The first kappa shape index (κ1) is 15.4. The molecule has 0 aliphatic carbocycles. The Balaban J connectivity index is 1.93. The van der Waals surface area contributed by atoms with Gasteiger partial charge in [0.1, 0.15) is 6.54 Å². The number of amides is 1. The van der Waals surface area contributed by atoms with E-state index in [0.29, 0.717) is 22.7 Å². The van der Waals surface area contributed by atoms with Crippen molar-refractivity contribution in [3.63, 3.8) is 0 Å². The average molecular weight is 343 g/mol. The third kappa shape index (κ3) is 2.67. The van der Waals surface area contributed by atoms with Crippen molar-refractivity contribution in [1.82, 2.24) is 4.98 Å². The van der Waals surface area contributed by atoms with E-state index in [1.807, 2.05) is 24.3 Å². The lowest BCUT2D eigenvalue weighted by molar-refractivity contribution is -0.137. The quantitative estimate of drug-likeness (QED) is 0.690. The molecule has 7 heteroatoms. The summed E-state index contributed by atoms with van der Waals surface area (Å²) < 4.78 is 39.1. The molecule has 2 aromatic carbocycles. The Morgan fingerprint density at radius 2 is 1.84 bits per heavy atom. The van der Waals surface area contributed by atoms with Crippen molar-refractivity contribution in [1.29, 1.82) is 0 Å². The van der Waals surface area contributed by atoms with Crippen molar-refractivity contribution >= 4 is 28.2 Å². The largest absolute Gasteiger partial charge is 0.416 e. The van der Waals surface area contributed by atoms with Crippen LogP contribution in [0.4, 0.5) is 18.9 Å². The van der Waals surface area contributed by atoms with E-state index >= 15 is 0 Å².